The van der Waals surface area contributed by atoms with E-state index >= 15 is 0 Å². The Morgan fingerprint density at radius 3 is 2.81 bits per heavy atom. The third-order valence-electron chi connectivity index (χ3n) is 3.26. The Kier molecular flexibility index (Phi) is 4.01. The summed E-state index contributed by atoms with van der Waals surface area (Å²) < 4.78 is 25.8. The molecule has 21 heavy (non-hydrogen) atoms. The molecule has 3 rings (SSSR count). The quantitative estimate of drug-likeness (QED) is 0.895. The van der Waals surface area contributed by atoms with Gasteiger partial charge in [0, 0.05) is 6.54 Å². The number of halogens is 2. The van der Waals surface area contributed by atoms with Crippen LogP contribution >= 0.6 is 15.9 Å². The van der Waals surface area contributed by atoms with Gasteiger partial charge in [0.1, 0.15) is 19.0 Å². The molecule has 0 amide bonds. The number of benzene rings is 2. The molecule has 2 aromatic rings. The van der Waals surface area contributed by atoms with Gasteiger partial charge in [-0.25, -0.2) is 4.39 Å². The fraction of sp³-hybridized carbons (Fsp3) is 0.250. The average molecular weight is 352 g/mol. The van der Waals surface area contributed by atoms with Gasteiger partial charge >= 0.3 is 0 Å². The number of ether oxygens (including phenoxy) is 2. The molecule has 2 aromatic carbocycles. The summed E-state index contributed by atoms with van der Waals surface area (Å²) in [6.45, 7) is 3.47. The van der Waals surface area contributed by atoms with Crippen molar-refractivity contribution in [1.82, 2.24) is 0 Å². The van der Waals surface area contributed by atoms with Gasteiger partial charge in [-0.15, -0.1) is 0 Å². The maximum absolute atomic E-state index is 13.8. The van der Waals surface area contributed by atoms with Gasteiger partial charge in [-0.05, 0) is 58.2 Å². The molecule has 0 saturated carbocycles. The maximum Gasteiger partial charge on any atom is 0.175 e. The molecular weight excluding hydrogens is 337 g/mol. The second-order valence-electron chi connectivity index (χ2n) is 4.94. The first-order chi connectivity index (χ1) is 10.1. The van der Waals surface area contributed by atoms with Crippen molar-refractivity contribution in [3.63, 3.8) is 0 Å². The lowest BCUT2D eigenvalue weighted by molar-refractivity contribution is 0.170. The van der Waals surface area contributed by atoms with Crippen LogP contribution in [0.2, 0.25) is 0 Å². The van der Waals surface area contributed by atoms with Gasteiger partial charge in [0.2, 0.25) is 0 Å². The number of rotatable bonds is 3. The first kappa shape index (κ1) is 14.2. The summed E-state index contributed by atoms with van der Waals surface area (Å²) in [5.41, 5.74) is 2.39. The minimum atomic E-state index is -0.244. The van der Waals surface area contributed by atoms with E-state index in [1.165, 1.54) is 6.07 Å². The van der Waals surface area contributed by atoms with E-state index < -0.39 is 0 Å². The summed E-state index contributed by atoms with van der Waals surface area (Å²) in [5.74, 6) is 1.20. The van der Waals surface area contributed by atoms with Crippen LogP contribution in [0.1, 0.15) is 11.1 Å². The molecule has 0 fully saturated rings. The zero-order chi connectivity index (χ0) is 14.8. The van der Waals surface area contributed by atoms with E-state index in [2.05, 4.69) is 21.2 Å². The second kappa shape index (κ2) is 5.93. The van der Waals surface area contributed by atoms with Crippen molar-refractivity contribution in [2.75, 3.05) is 18.5 Å². The summed E-state index contributed by atoms with van der Waals surface area (Å²) >= 11 is 3.48. The van der Waals surface area contributed by atoms with E-state index in [1.807, 2.05) is 25.1 Å². The summed E-state index contributed by atoms with van der Waals surface area (Å²) in [7, 11) is 0. The van der Waals surface area contributed by atoms with E-state index in [0.29, 0.717) is 25.4 Å². The highest BCUT2D eigenvalue weighted by atomic mass is 79.9. The number of nitrogens with one attached hydrogen (secondary N) is 1. The van der Waals surface area contributed by atoms with Crippen LogP contribution in [0.3, 0.4) is 0 Å². The molecular formula is C16H15BrFNO2. The molecule has 0 unspecified atom stereocenters. The zero-order valence-electron chi connectivity index (χ0n) is 11.6. The summed E-state index contributed by atoms with van der Waals surface area (Å²) in [6, 6.07) is 9.01. The fourth-order valence-electron chi connectivity index (χ4n) is 2.23. The molecule has 0 aliphatic carbocycles. The summed E-state index contributed by atoms with van der Waals surface area (Å²) in [5, 5.41) is 3.10. The first-order valence-electron chi connectivity index (χ1n) is 6.71. The molecule has 110 valence electrons. The molecule has 0 spiro atoms. The average Bonchev–Trinajstić information content (AvgIpc) is 2.46. The van der Waals surface area contributed by atoms with Crippen molar-refractivity contribution in [3.8, 4) is 11.5 Å². The topological polar surface area (TPSA) is 30.5 Å². The van der Waals surface area contributed by atoms with Gasteiger partial charge < -0.3 is 14.8 Å². The smallest absolute Gasteiger partial charge is 0.175 e. The van der Waals surface area contributed by atoms with Crippen molar-refractivity contribution in [2.45, 2.75) is 13.5 Å². The van der Waals surface area contributed by atoms with Gasteiger partial charge in [-0.2, -0.15) is 0 Å². The molecule has 5 heteroatoms. The number of hydrogen-bond acceptors (Lipinski definition) is 3. The number of aryl methyl sites for hydroxylation is 1. The van der Waals surface area contributed by atoms with Crippen LogP contribution < -0.4 is 14.8 Å². The third-order valence-corrected chi connectivity index (χ3v) is 3.85. The Labute approximate surface area is 131 Å². The van der Waals surface area contributed by atoms with E-state index in [-0.39, 0.29) is 5.82 Å². The molecule has 1 heterocycles. The predicted molar refractivity (Wildman–Crippen MR) is 83.6 cm³/mol. The lowest BCUT2D eigenvalue weighted by atomic mass is 10.1. The van der Waals surface area contributed by atoms with Gasteiger partial charge in [0.25, 0.3) is 0 Å². The largest absolute Gasteiger partial charge is 0.486 e. The van der Waals surface area contributed by atoms with Crippen molar-refractivity contribution in [1.29, 1.82) is 0 Å². The lowest BCUT2D eigenvalue weighted by Crippen LogP contribution is -2.16. The van der Waals surface area contributed by atoms with Crippen molar-refractivity contribution < 1.29 is 13.9 Å². The summed E-state index contributed by atoms with van der Waals surface area (Å²) in [4.78, 5) is 0. The Balaban J connectivity index is 1.77. The molecule has 3 nitrogen and oxygen atoms in total. The molecule has 0 atom stereocenters. The Hall–Kier alpha value is -1.75. The Morgan fingerprint density at radius 1 is 1.19 bits per heavy atom. The normalized spacial score (nSPS) is 13.1. The highest BCUT2D eigenvalue weighted by Gasteiger charge is 2.16. The molecule has 1 N–H and O–H groups in total. The van der Waals surface area contributed by atoms with Crippen LogP contribution in [0.5, 0.6) is 11.5 Å². The second-order valence-corrected chi connectivity index (χ2v) is 5.79. The standard InChI is InChI=1S/C16H15BrFNO2/c1-10-2-3-14(13(18)6-10)19-9-11-7-12(17)16-15(8-11)20-4-5-21-16/h2-3,6-8,19H,4-5,9H2,1H3. The van der Waals surface area contributed by atoms with Crippen LogP contribution in [0.25, 0.3) is 0 Å². The first-order valence-corrected chi connectivity index (χ1v) is 7.51. The van der Waals surface area contributed by atoms with E-state index in [4.69, 9.17) is 9.47 Å². The number of hydrogen-bond donors (Lipinski definition) is 1. The van der Waals surface area contributed by atoms with Crippen LogP contribution in [0, 0.1) is 12.7 Å². The van der Waals surface area contributed by atoms with Crippen LogP contribution in [0.4, 0.5) is 10.1 Å². The highest BCUT2D eigenvalue weighted by molar-refractivity contribution is 9.10. The van der Waals surface area contributed by atoms with Crippen molar-refractivity contribution in [2.24, 2.45) is 0 Å². The highest BCUT2D eigenvalue weighted by Crippen LogP contribution is 2.38. The minimum Gasteiger partial charge on any atom is -0.486 e. The van der Waals surface area contributed by atoms with Gasteiger partial charge in [0.05, 0.1) is 10.2 Å². The molecule has 1 aliphatic rings. The van der Waals surface area contributed by atoms with Gasteiger partial charge in [-0.1, -0.05) is 6.07 Å². The zero-order valence-corrected chi connectivity index (χ0v) is 13.2. The monoisotopic (exact) mass is 351 g/mol. The molecule has 0 radical (unpaired) electrons. The lowest BCUT2D eigenvalue weighted by Gasteiger charge is -2.20. The van der Waals surface area contributed by atoms with E-state index in [9.17, 15) is 4.39 Å². The molecule has 0 bridgehead atoms. The van der Waals surface area contributed by atoms with Crippen LogP contribution in [0.15, 0.2) is 34.8 Å². The maximum atomic E-state index is 13.8. The molecule has 1 aliphatic heterocycles. The Bertz CT molecular complexity index is 676. The third kappa shape index (κ3) is 3.13. The van der Waals surface area contributed by atoms with Gasteiger partial charge in [-0.3, -0.25) is 0 Å². The minimum absolute atomic E-state index is 0.244. The number of anilines is 1. The van der Waals surface area contributed by atoms with E-state index in [1.54, 1.807) is 6.07 Å². The fourth-order valence-corrected chi connectivity index (χ4v) is 2.83. The number of fused-ring (bicyclic) bond motifs is 1. The molecule has 0 saturated heterocycles. The SMILES string of the molecule is Cc1ccc(NCc2cc(Br)c3c(c2)OCCO3)c(F)c1. The van der Waals surface area contributed by atoms with Gasteiger partial charge in [0.15, 0.2) is 11.5 Å². The Morgan fingerprint density at radius 2 is 2.00 bits per heavy atom. The molecule has 0 aromatic heterocycles. The van der Waals surface area contributed by atoms with Crippen molar-refractivity contribution >= 4 is 21.6 Å². The predicted octanol–water partition coefficient (Wildman–Crippen LogP) is 4.28. The summed E-state index contributed by atoms with van der Waals surface area (Å²) in [6.07, 6.45) is 0. The van der Waals surface area contributed by atoms with Crippen LogP contribution in [-0.4, -0.2) is 13.2 Å². The van der Waals surface area contributed by atoms with E-state index in [0.717, 1.165) is 27.1 Å². The van der Waals surface area contributed by atoms with Crippen molar-refractivity contribution in [3.05, 3.63) is 51.7 Å². The van der Waals surface area contributed by atoms with Crippen LogP contribution in [-0.2, 0) is 6.54 Å².